The van der Waals surface area contributed by atoms with Crippen LogP contribution >= 0.6 is 15.9 Å². The minimum absolute atomic E-state index is 0.368. The molecule has 0 aliphatic carbocycles. The van der Waals surface area contributed by atoms with Crippen molar-refractivity contribution in [2.45, 2.75) is 33.6 Å². The van der Waals surface area contributed by atoms with Gasteiger partial charge >= 0.3 is 0 Å². The van der Waals surface area contributed by atoms with Crippen molar-refractivity contribution < 1.29 is 5.11 Å². The molecule has 0 heterocycles. The quantitative estimate of drug-likeness (QED) is 0.819. The van der Waals surface area contributed by atoms with Crippen LogP contribution in [-0.2, 0) is 0 Å². The van der Waals surface area contributed by atoms with Gasteiger partial charge in [-0.15, -0.1) is 0 Å². The molecule has 0 bridgehead atoms. The Balaban J connectivity index is 3.13. The lowest BCUT2D eigenvalue weighted by Crippen LogP contribution is -2.10. The zero-order chi connectivity index (χ0) is 11.6. The number of aryl methyl sites for hydroxylation is 2. The predicted molar refractivity (Wildman–Crippen MR) is 69.0 cm³/mol. The molecule has 2 atom stereocenters. The molecule has 0 aliphatic heterocycles. The van der Waals surface area contributed by atoms with Gasteiger partial charge in [-0.2, -0.15) is 0 Å². The number of hydrogen-bond acceptors (Lipinski definition) is 1. The molecular weight excluding hydrogens is 252 g/mol. The van der Waals surface area contributed by atoms with E-state index in [9.17, 15) is 5.11 Å². The minimum atomic E-state index is 0.368. The average Bonchev–Trinajstić information content (AvgIpc) is 2.14. The van der Waals surface area contributed by atoms with Crippen LogP contribution in [0.5, 0.6) is 5.75 Å². The summed E-state index contributed by atoms with van der Waals surface area (Å²) in [6.07, 6.45) is 0. The molecule has 1 aromatic rings. The summed E-state index contributed by atoms with van der Waals surface area (Å²) in [7, 11) is 0. The monoisotopic (exact) mass is 270 g/mol. The van der Waals surface area contributed by atoms with E-state index in [2.05, 4.69) is 43.6 Å². The molecule has 2 heteroatoms. The maximum Gasteiger partial charge on any atom is 0.116 e. The van der Waals surface area contributed by atoms with Crippen molar-refractivity contribution >= 4 is 15.9 Å². The standard InChI is InChI=1S/C13H19BrO/c1-8-5-12(15)6-9(2)13(8)11(4)10(3)7-14/h5-6,10-11,15H,7H2,1-4H3. The van der Waals surface area contributed by atoms with Crippen LogP contribution in [0.25, 0.3) is 0 Å². The number of benzene rings is 1. The van der Waals surface area contributed by atoms with Gasteiger partial charge in [0.25, 0.3) is 0 Å². The van der Waals surface area contributed by atoms with Crippen molar-refractivity contribution in [1.29, 1.82) is 0 Å². The highest BCUT2D eigenvalue weighted by Gasteiger charge is 2.17. The first-order valence-corrected chi connectivity index (χ1v) is 6.45. The third-order valence-corrected chi connectivity index (χ3v) is 4.15. The summed E-state index contributed by atoms with van der Waals surface area (Å²) in [5.41, 5.74) is 3.75. The number of hydrogen-bond donors (Lipinski definition) is 1. The Morgan fingerprint density at radius 1 is 1.20 bits per heavy atom. The lowest BCUT2D eigenvalue weighted by atomic mass is 9.85. The lowest BCUT2D eigenvalue weighted by Gasteiger charge is -2.22. The molecule has 0 fully saturated rings. The predicted octanol–water partition coefficient (Wildman–Crippen LogP) is 4.14. The molecule has 0 amide bonds. The molecule has 0 spiro atoms. The van der Waals surface area contributed by atoms with E-state index in [1.807, 2.05) is 12.1 Å². The third-order valence-electron chi connectivity index (χ3n) is 3.13. The molecular formula is C13H19BrO. The van der Waals surface area contributed by atoms with E-state index in [1.54, 1.807) is 0 Å². The maximum atomic E-state index is 9.49. The molecule has 84 valence electrons. The van der Waals surface area contributed by atoms with Crippen molar-refractivity contribution in [1.82, 2.24) is 0 Å². The van der Waals surface area contributed by atoms with Crippen LogP contribution in [0.15, 0.2) is 12.1 Å². The molecule has 2 unspecified atom stereocenters. The van der Waals surface area contributed by atoms with Crippen LogP contribution < -0.4 is 0 Å². The number of halogens is 1. The van der Waals surface area contributed by atoms with Crippen molar-refractivity contribution in [2.24, 2.45) is 5.92 Å². The van der Waals surface area contributed by atoms with E-state index in [1.165, 1.54) is 16.7 Å². The summed E-state index contributed by atoms with van der Waals surface area (Å²) in [4.78, 5) is 0. The summed E-state index contributed by atoms with van der Waals surface area (Å²) < 4.78 is 0. The summed E-state index contributed by atoms with van der Waals surface area (Å²) in [6.45, 7) is 8.63. The highest BCUT2D eigenvalue weighted by Crippen LogP contribution is 2.32. The molecule has 1 aromatic carbocycles. The second-order valence-electron chi connectivity index (χ2n) is 4.41. The fourth-order valence-electron chi connectivity index (χ4n) is 2.09. The van der Waals surface area contributed by atoms with Gasteiger partial charge in [-0.1, -0.05) is 29.8 Å². The molecule has 15 heavy (non-hydrogen) atoms. The normalized spacial score (nSPS) is 15.0. The minimum Gasteiger partial charge on any atom is -0.508 e. The van der Waals surface area contributed by atoms with Crippen molar-refractivity contribution in [3.05, 3.63) is 28.8 Å². The molecule has 1 rings (SSSR count). The van der Waals surface area contributed by atoms with E-state index in [4.69, 9.17) is 0 Å². The number of phenols is 1. The number of alkyl halides is 1. The zero-order valence-electron chi connectivity index (χ0n) is 9.84. The first-order valence-electron chi connectivity index (χ1n) is 5.33. The van der Waals surface area contributed by atoms with Gasteiger partial charge < -0.3 is 5.11 Å². The second kappa shape index (κ2) is 5.02. The van der Waals surface area contributed by atoms with Gasteiger partial charge in [0, 0.05) is 5.33 Å². The maximum absolute atomic E-state index is 9.49. The highest BCUT2D eigenvalue weighted by molar-refractivity contribution is 9.09. The van der Waals surface area contributed by atoms with Crippen LogP contribution in [0.1, 0.15) is 36.5 Å². The average molecular weight is 271 g/mol. The fraction of sp³-hybridized carbons (Fsp3) is 0.538. The van der Waals surface area contributed by atoms with E-state index in [0.717, 1.165) is 5.33 Å². The van der Waals surface area contributed by atoms with Crippen molar-refractivity contribution in [3.63, 3.8) is 0 Å². The van der Waals surface area contributed by atoms with Crippen LogP contribution in [0.3, 0.4) is 0 Å². The van der Waals surface area contributed by atoms with Crippen LogP contribution in [0.2, 0.25) is 0 Å². The number of rotatable bonds is 3. The van der Waals surface area contributed by atoms with Crippen molar-refractivity contribution in [3.8, 4) is 5.75 Å². The second-order valence-corrected chi connectivity index (χ2v) is 5.06. The summed E-state index contributed by atoms with van der Waals surface area (Å²) >= 11 is 3.53. The van der Waals surface area contributed by atoms with Crippen LogP contribution in [0, 0.1) is 19.8 Å². The largest absolute Gasteiger partial charge is 0.508 e. The van der Waals surface area contributed by atoms with E-state index in [0.29, 0.717) is 17.6 Å². The van der Waals surface area contributed by atoms with Crippen LogP contribution in [0.4, 0.5) is 0 Å². The molecule has 0 saturated carbocycles. The number of phenolic OH excluding ortho intramolecular Hbond substituents is 1. The smallest absolute Gasteiger partial charge is 0.116 e. The molecule has 1 N–H and O–H groups in total. The van der Waals surface area contributed by atoms with E-state index < -0.39 is 0 Å². The fourth-order valence-corrected chi connectivity index (χ4v) is 2.65. The first-order chi connectivity index (χ1) is 6.97. The van der Waals surface area contributed by atoms with Gasteiger partial charge in [0.2, 0.25) is 0 Å². The zero-order valence-corrected chi connectivity index (χ0v) is 11.4. The van der Waals surface area contributed by atoms with Gasteiger partial charge in [0.05, 0.1) is 0 Å². The molecule has 0 aromatic heterocycles. The SMILES string of the molecule is Cc1cc(O)cc(C)c1C(C)C(C)CBr. The van der Waals surface area contributed by atoms with Crippen molar-refractivity contribution in [2.75, 3.05) is 5.33 Å². The highest BCUT2D eigenvalue weighted by atomic mass is 79.9. The lowest BCUT2D eigenvalue weighted by molar-refractivity contribution is 0.472. The number of aromatic hydroxyl groups is 1. The Hall–Kier alpha value is -0.500. The molecule has 0 aliphatic rings. The Kier molecular flexibility index (Phi) is 4.21. The molecule has 0 radical (unpaired) electrons. The molecule has 1 nitrogen and oxygen atoms in total. The van der Waals surface area contributed by atoms with Gasteiger partial charge in [-0.25, -0.2) is 0 Å². The Morgan fingerprint density at radius 3 is 2.07 bits per heavy atom. The summed E-state index contributed by atoms with van der Waals surface area (Å²) in [6, 6.07) is 3.69. The molecule has 0 saturated heterocycles. The summed E-state index contributed by atoms with van der Waals surface area (Å²) in [5.74, 6) is 1.49. The Morgan fingerprint density at radius 2 is 1.67 bits per heavy atom. The summed E-state index contributed by atoms with van der Waals surface area (Å²) in [5, 5.41) is 10.5. The first kappa shape index (κ1) is 12.6. The topological polar surface area (TPSA) is 20.2 Å². The van der Waals surface area contributed by atoms with Gasteiger partial charge in [0.15, 0.2) is 0 Å². The Bertz CT molecular complexity index is 323. The third kappa shape index (κ3) is 2.75. The Labute approximate surface area is 101 Å². The van der Waals surface area contributed by atoms with E-state index >= 15 is 0 Å². The van der Waals surface area contributed by atoms with Gasteiger partial charge in [-0.3, -0.25) is 0 Å². The van der Waals surface area contributed by atoms with Crippen LogP contribution in [-0.4, -0.2) is 10.4 Å². The van der Waals surface area contributed by atoms with E-state index in [-0.39, 0.29) is 0 Å². The van der Waals surface area contributed by atoms with Gasteiger partial charge in [0.1, 0.15) is 5.75 Å². The van der Waals surface area contributed by atoms with Gasteiger partial charge in [-0.05, 0) is 54.5 Å².